The summed E-state index contributed by atoms with van der Waals surface area (Å²) in [6.07, 6.45) is 4.12. The van der Waals surface area contributed by atoms with Gasteiger partial charge in [-0.1, -0.05) is 6.42 Å². The zero-order chi connectivity index (χ0) is 13.0. The average molecular weight is 250 g/mol. The van der Waals surface area contributed by atoms with Crippen molar-refractivity contribution in [3.05, 3.63) is 23.7 Å². The van der Waals surface area contributed by atoms with E-state index in [2.05, 4.69) is 30.1 Å². The van der Waals surface area contributed by atoms with Crippen LogP contribution in [0.4, 0.5) is 0 Å². The zero-order valence-corrected chi connectivity index (χ0v) is 11.9. The van der Waals surface area contributed by atoms with Crippen molar-refractivity contribution in [1.82, 2.24) is 10.2 Å². The molecule has 1 fully saturated rings. The Kier molecular flexibility index (Phi) is 4.84. The first-order valence-corrected chi connectivity index (χ1v) is 7.20. The number of hydrogen-bond donors (Lipinski definition) is 1. The van der Waals surface area contributed by atoms with Gasteiger partial charge in [-0.3, -0.25) is 4.90 Å². The first-order valence-electron chi connectivity index (χ1n) is 7.20. The molecule has 3 heteroatoms. The maximum Gasteiger partial charge on any atom is 0.120 e. The van der Waals surface area contributed by atoms with E-state index in [4.69, 9.17) is 4.42 Å². The van der Waals surface area contributed by atoms with Crippen LogP contribution in [0, 0.1) is 6.92 Å². The highest BCUT2D eigenvalue weighted by Crippen LogP contribution is 2.16. The van der Waals surface area contributed by atoms with Crippen molar-refractivity contribution in [1.29, 1.82) is 0 Å². The lowest BCUT2D eigenvalue weighted by Crippen LogP contribution is -2.43. The Morgan fingerprint density at radius 2 is 1.94 bits per heavy atom. The van der Waals surface area contributed by atoms with Crippen LogP contribution in [0.2, 0.25) is 0 Å². The van der Waals surface area contributed by atoms with Gasteiger partial charge in [-0.05, 0) is 58.8 Å². The second-order valence-electron chi connectivity index (χ2n) is 5.52. The molecule has 0 aliphatic carbocycles. The average Bonchev–Trinajstić information content (AvgIpc) is 2.83. The summed E-state index contributed by atoms with van der Waals surface area (Å²) in [4.78, 5) is 2.59. The summed E-state index contributed by atoms with van der Waals surface area (Å²) in [5, 5.41) is 3.57. The third kappa shape index (κ3) is 3.59. The molecule has 1 saturated heterocycles. The van der Waals surface area contributed by atoms with E-state index in [1.165, 1.54) is 32.4 Å². The standard InChI is InChI=1S/C15H26N2O/c1-12(17-9-5-4-6-10-17)11-16-14(3)15-8-7-13(2)18-15/h7-8,12,14,16H,4-6,9-11H2,1-3H3. The van der Waals surface area contributed by atoms with Crippen molar-refractivity contribution in [3.8, 4) is 0 Å². The monoisotopic (exact) mass is 250 g/mol. The second-order valence-corrected chi connectivity index (χ2v) is 5.52. The van der Waals surface area contributed by atoms with E-state index < -0.39 is 0 Å². The van der Waals surface area contributed by atoms with Crippen molar-refractivity contribution >= 4 is 0 Å². The fourth-order valence-corrected chi connectivity index (χ4v) is 2.62. The number of aryl methyl sites for hydroxylation is 1. The van der Waals surface area contributed by atoms with Crippen molar-refractivity contribution < 1.29 is 4.42 Å². The minimum absolute atomic E-state index is 0.297. The van der Waals surface area contributed by atoms with Gasteiger partial charge in [0.1, 0.15) is 11.5 Å². The van der Waals surface area contributed by atoms with Crippen LogP contribution in [-0.2, 0) is 0 Å². The molecule has 0 spiro atoms. The highest BCUT2D eigenvalue weighted by atomic mass is 16.3. The molecule has 3 nitrogen and oxygen atoms in total. The van der Waals surface area contributed by atoms with Gasteiger partial charge in [-0.2, -0.15) is 0 Å². The summed E-state index contributed by atoms with van der Waals surface area (Å²) >= 11 is 0. The molecule has 1 aromatic rings. The third-order valence-electron chi connectivity index (χ3n) is 3.92. The third-order valence-corrected chi connectivity index (χ3v) is 3.92. The van der Waals surface area contributed by atoms with Gasteiger partial charge in [0.25, 0.3) is 0 Å². The largest absolute Gasteiger partial charge is 0.465 e. The molecule has 18 heavy (non-hydrogen) atoms. The van der Waals surface area contributed by atoms with Crippen molar-refractivity contribution in [2.45, 2.75) is 52.1 Å². The van der Waals surface area contributed by atoms with E-state index in [1.54, 1.807) is 0 Å². The predicted molar refractivity (Wildman–Crippen MR) is 74.7 cm³/mol. The van der Waals surface area contributed by atoms with Gasteiger partial charge in [0, 0.05) is 12.6 Å². The summed E-state index contributed by atoms with van der Waals surface area (Å²) in [6, 6.07) is 5.01. The van der Waals surface area contributed by atoms with Crippen LogP contribution >= 0.6 is 0 Å². The molecule has 102 valence electrons. The molecule has 1 N–H and O–H groups in total. The number of piperidine rings is 1. The fourth-order valence-electron chi connectivity index (χ4n) is 2.62. The maximum absolute atomic E-state index is 5.65. The van der Waals surface area contributed by atoms with Crippen LogP contribution in [0.15, 0.2) is 16.5 Å². The quantitative estimate of drug-likeness (QED) is 0.870. The summed E-state index contributed by atoms with van der Waals surface area (Å²) < 4.78 is 5.65. The van der Waals surface area contributed by atoms with E-state index in [1.807, 2.05) is 13.0 Å². The Hall–Kier alpha value is -0.800. The summed E-state index contributed by atoms with van der Waals surface area (Å²) in [5.41, 5.74) is 0. The lowest BCUT2D eigenvalue weighted by molar-refractivity contribution is 0.167. The number of rotatable bonds is 5. The molecule has 2 heterocycles. The van der Waals surface area contributed by atoms with Crippen LogP contribution in [-0.4, -0.2) is 30.6 Å². The van der Waals surface area contributed by atoms with Crippen LogP contribution in [0.1, 0.15) is 50.7 Å². The van der Waals surface area contributed by atoms with E-state index in [0.29, 0.717) is 12.1 Å². The molecule has 2 unspecified atom stereocenters. The molecule has 2 atom stereocenters. The molecule has 0 radical (unpaired) electrons. The number of nitrogens with one attached hydrogen (secondary N) is 1. The molecule has 1 aromatic heterocycles. The number of nitrogens with zero attached hydrogens (tertiary/aromatic N) is 1. The lowest BCUT2D eigenvalue weighted by Gasteiger charge is -2.33. The molecule has 0 aromatic carbocycles. The topological polar surface area (TPSA) is 28.4 Å². The van der Waals surface area contributed by atoms with E-state index in [0.717, 1.165) is 18.1 Å². The van der Waals surface area contributed by atoms with Crippen LogP contribution in [0.3, 0.4) is 0 Å². The summed E-state index contributed by atoms with van der Waals surface area (Å²) in [7, 11) is 0. The fraction of sp³-hybridized carbons (Fsp3) is 0.733. The molecule has 0 saturated carbocycles. The Morgan fingerprint density at radius 1 is 1.22 bits per heavy atom. The van der Waals surface area contributed by atoms with Gasteiger partial charge in [0.05, 0.1) is 6.04 Å². The van der Waals surface area contributed by atoms with Gasteiger partial charge in [0.15, 0.2) is 0 Å². The van der Waals surface area contributed by atoms with Gasteiger partial charge in [0.2, 0.25) is 0 Å². The number of likely N-dealkylation sites (tertiary alicyclic amines) is 1. The molecule has 2 rings (SSSR count). The SMILES string of the molecule is Cc1ccc(C(C)NCC(C)N2CCCCC2)o1. The highest BCUT2D eigenvalue weighted by Gasteiger charge is 2.17. The van der Waals surface area contributed by atoms with E-state index in [9.17, 15) is 0 Å². The molecule has 0 bridgehead atoms. The van der Waals surface area contributed by atoms with Gasteiger partial charge in [-0.25, -0.2) is 0 Å². The number of hydrogen-bond acceptors (Lipinski definition) is 3. The number of furan rings is 1. The predicted octanol–water partition coefficient (Wildman–Crippen LogP) is 3.11. The first-order chi connectivity index (χ1) is 8.66. The van der Waals surface area contributed by atoms with E-state index >= 15 is 0 Å². The second kappa shape index (κ2) is 6.39. The minimum Gasteiger partial charge on any atom is -0.465 e. The molecule has 1 aliphatic heterocycles. The lowest BCUT2D eigenvalue weighted by atomic mass is 10.1. The van der Waals surface area contributed by atoms with Crippen molar-refractivity contribution in [2.24, 2.45) is 0 Å². The summed E-state index contributed by atoms with van der Waals surface area (Å²) in [5.74, 6) is 2.03. The molecule has 0 amide bonds. The highest BCUT2D eigenvalue weighted by molar-refractivity contribution is 5.08. The van der Waals surface area contributed by atoms with Gasteiger partial charge in [-0.15, -0.1) is 0 Å². The Morgan fingerprint density at radius 3 is 2.56 bits per heavy atom. The molecular formula is C15H26N2O. The van der Waals surface area contributed by atoms with E-state index in [-0.39, 0.29) is 0 Å². The summed E-state index contributed by atoms with van der Waals surface area (Å²) in [6.45, 7) is 10.0. The Bertz CT molecular complexity index is 355. The maximum atomic E-state index is 5.65. The first kappa shape index (κ1) is 13.6. The Labute approximate surface area is 111 Å². The molecular weight excluding hydrogens is 224 g/mol. The Balaban J connectivity index is 1.76. The van der Waals surface area contributed by atoms with Crippen LogP contribution < -0.4 is 5.32 Å². The van der Waals surface area contributed by atoms with Crippen molar-refractivity contribution in [3.63, 3.8) is 0 Å². The van der Waals surface area contributed by atoms with Gasteiger partial charge < -0.3 is 9.73 Å². The zero-order valence-electron chi connectivity index (χ0n) is 11.9. The molecule has 1 aliphatic rings. The van der Waals surface area contributed by atoms with Crippen LogP contribution in [0.5, 0.6) is 0 Å². The normalized spacial score (nSPS) is 20.8. The van der Waals surface area contributed by atoms with Gasteiger partial charge >= 0.3 is 0 Å². The smallest absolute Gasteiger partial charge is 0.120 e. The van der Waals surface area contributed by atoms with Crippen LogP contribution in [0.25, 0.3) is 0 Å². The minimum atomic E-state index is 0.297. The van der Waals surface area contributed by atoms with Crippen molar-refractivity contribution in [2.75, 3.05) is 19.6 Å².